The highest BCUT2D eigenvalue weighted by Crippen LogP contribution is 2.63. The summed E-state index contributed by atoms with van der Waals surface area (Å²) < 4.78 is 5.65. The molecular formula is C22H28O2. The van der Waals surface area contributed by atoms with Crippen LogP contribution in [0.5, 0.6) is 5.75 Å². The van der Waals surface area contributed by atoms with E-state index in [1.165, 1.54) is 50.4 Å². The summed E-state index contributed by atoms with van der Waals surface area (Å²) in [6.07, 6.45) is 11.1. The van der Waals surface area contributed by atoms with Crippen molar-refractivity contribution >= 4 is 6.29 Å². The predicted molar refractivity (Wildman–Crippen MR) is 94.6 cm³/mol. The lowest BCUT2D eigenvalue weighted by atomic mass is 9.54. The molecule has 0 spiro atoms. The highest BCUT2D eigenvalue weighted by Gasteiger charge is 2.53. The van der Waals surface area contributed by atoms with Crippen LogP contribution in [0.3, 0.4) is 0 Å². The summed E-state index contributed by atoms with van der Waals surface area (Å²) in [6.45, 7) is 2.47. The van der Waals surface area contributed by atoms with E-state index in [1.54, 1.807) is 16.7 Å². The number of methoxy groups -OCH3 is 1. The zero-order valence-corrected chi connectivity index (χ0v) is 14.9. The van der Waals surface area contributed by atoms with Gasteiger partial charge >= 0.3 is 0 Å². The van der Waals surface area contributed by atoms with Gasteiger partial charge in [-0.05, 0) is 103 Å². The van der Waals surface area contributed by atoms with Crippen LogP contribution in [0.1, 0.15) is 67.2 Å². The topological polar surface area (TPSA) is 26.3 Å². The van der Waals surface area contributed by atoms with Crippen molar-refractivity contribution < 1.29 is 9.53 Å². The minimum atomic E-state index is 0.318. The lowest BCUT2D eigenvalue weighted by Crippen LogP contribution is -2.40. The van der Waals surface area contributed by atoms with Gasteiger partial charge in [0.15, 0.2) is 0 Å². The van der Waals surface area contributed by atoms with Crippen LogP contribution in [0.15, 0.2) is 6.07 Å². The Morgan fingerprint density at radius 1 is 1.21 bits per heavy atom. The maximum absolute atomic E-state index is 11.4. The molecule has 0 unspecified atom stereocenters. The summed E-state index contributed by atoms with van der Waals surface area (Å²) in [7, 11) is 1.82. The Morgan fingerprint density at radius 2 is 2.04 bits per heavy atom. The second kappa shape index (κ2) is 5.09. The van der Waals surface area contributed by atoms with Crippen molar-refractivity contribution in [1.29, 1.82) is 0 Å². The van der Waals surface area contributed by atoms with Crippen LogP contribution in [0, 0.1) is 23.2 Å². The van der Waals surface area contributed by atoms with Gasteiger partial charge in [-0.1, -0.05) is 6.92 Å². The summed E-state index contributed by atoms with van der Waals surface area (Å²) in [5, 5.41) is 0. The zero-order chi connectivity index (χ0) is 16.5. The second-order valence-corrected chi connectivity index (χ2v) is 9.05. The third kappa shape index (κ3) is 1.86. The quantitative estimate of drug-likeness (QED) is 0.751. The summed E-state index contributed by atoms with van der Waals surface area (Å²) >= 11 is 0. The Hall–Kier alpha value is -1.31. The molecule has 0 heterocycles. The Morgan fingerprint density at radius 3 is 2.75 bits per heavy atom. The number of carbonyl (C=O) groups excluding carboxylic acids is 1. The normalized spacial score (nSPS) is 39.1. The number of benzene rings is 1. The summed E-state index contributed by atoms with van der Waals surface area (Å²) in [5.74, 6) is 3.77. The molecule has 4 aliphatic carbocycles. The van der Waals surface area contributed by atoms with E-state index >= 15 is 0 Å². The summed E-state index contributed by atoms with van der Waals surface area (Å²) in [6, 6.07) is 2.35. The molecule has 1 aromatic rings. The van der Waals surface area contributed by atoms with E-state index in [0.717, 1.165) is 36.3 Å². The van der Waals surface area contributed by atoms with E-state index in [-0.39, 0.29) is 0 Å². The van der Waals surface area contributed by atoms with Crippen LogP contribution in [-0.4, -0.2) is 13.4 Å². The second-order valence-electron chi connectivity index (χ2n) is 9.05. The maximum atomic E-state index is 11.4. The van der Waals surface area contributed by atoms with E-state index in [0.29, 0.717) is 11.3 Å². The number of hydrogen-bond acceptors (Lipinski definition) is 2. The molecule has 1 aromatic carbocycles. The van der Waals surface area contributed by atoms with Crippen LogP contribution < -0.4 is 4.74 Å². The fraction of sp³-hybridized carbons (Fsp3) is 0.682. The number of carbonyl (C=O) groups is 1. The number of fused-ring (bicyclic) bond motifs is 7. The van der Waals surface area contributed by atoms with Crippen LogP contribution in [0.4, 0.5) is 0 Å². The molecule has 0 saturated heterocycles. The van der Waals surface area contributed by atoms with Gasteiger partial charge in [0.05, 0.1) is 7.11 Å². The van der Waals surface area contributed by atoms with E-state index in [9.17, 15) is 4.79 Å². The van der Waals surface area contributed by atoms with Gasteiger partial charge in [0.25, 0.3) is 0 Å². The fourth-order valence-corrected chi connectivity index (χ4v) is 6.90. The number of rotatable bonds is 2. The molecule has 0 N–H and O–H groups in total. The molecule has 4 aliphatic rings. The molecule has 0 bridgehead atoms. The molecule has 24 heavy (non-hydrogen) atoms. The third-order valence-corrected chi connectivity index (χ3v) is 8.03. The van der Waals surface area contributed by atoms with Gasteiger partial charge in [-0.15, -0.1) is 0 Å². The molecule has 2 saturated carbocycles. The minimum Gasteiger partial charge on any atom is -0.496 e. The average Bonchev–Trinajstić information content (AvgIpc) is 2.91. The lowest BCUT2D eigenvalue weighted by molar-refractivity contribution is -0.111. The average molecular weight is 324 g/mol. The van der Waals surface area contributed by atoms with Crippen molar-refractivity contribution in [3.63, 3.8) is 0 Å². The van der Waals surface area contributed by atoms with Crippen molar-refractivity contribution in [3.8, 4) is 5.75 Å². The van der Waals surface area contributed by atoms with Crippen molar-refractivity contribution in [3.05, 3.63) is 28.3 Å². The van der Waals surface area contributed by atoms with Gasteiger partial charge in [0.1, 0.15) is 12.0 Å². The van der Waals surface area contributed by atoms with Crippen LogP contribution >= 0.6 is 0 Å². The molecule has 0 aromatic heterocycles. The first-order valence-corrected chi connectivity index (χ1v) is 9.81. The Kier molecular flexibility index (Phi) is 3.18. The van der Waals surface area contributed by atoms with Crippen molar-refractivity contribution in [2.45, 2.75) is 64.2 Å². The van der Waals surface area contributed by atoms with Crippen LogP contribution in [0.2, 0.25) is 0 Å². The zero-order valence-electron chi connectivity index (χ0n) is 14.9. The SMILES string of the molecule is COc1cc2c(c3c1CC3)[C@H]1CC[C@]3(C)C[C@H](C=O)C[C@H]3[C@@H]1CC2. The first-order valence-electron chi connectivity index (χ1n) is 9.81. The molecule has 2 heteroatoms. The Labute approximate surface area is 145 Å². The van der Waals surface area contributed by atoms with Gasteiger partial charge in [-0.3, -0.25) is 0 Å². The molecule has 0 aliphatic heterocycles. The molecule has 128 valence electrons. The van der Waals surface area contributed by atoms with Gasteiger partial charge in [0.2, 0.25) is 0 Å². The van der Waals surface area contributed by atoms with E-state index in [2.05, 4.69) is 13.0 Å². The minimum absolute atomic E-state index is 0.318. The van der Waals surface area contributed by atoms with E-state index in [4.69, 9.17) is 4.74 Å². The van der Waals surface area contributed by atoms with Gasteiger partial charge < -0.3 is 9.53 Å². The fourth-order valence-electron chi connectivity index (χ4n) is 6.90. The molecule has 2 fully saturated rings. The number of aryl methyl sites for hydroxylation is 1. The van der Waals surface area contributed by atoms with Crippen LogP contribution in [-0.2, 0) is 24.1 Å². The largest absolute Gasteiger partial charge is 0.496 e. The van der Waals surface area contributed by atoms with Crippen molar-refractivity contribution in [2.75, 3.05) is 7.11 Å². The van der Waals surface area contributed by atoms with Crippen LogP contribution in [0.25, 0.3) is 0 Å². The molecule has 2 nitrogen and oxygen atoms in total. The Bertz CT molecular complexity index is 706. The molecule has 5 atom stereocenters. The van der Waals surface area contributed by atoms with Gasteiger partial charge in [-0.2, -0.15) is 0 Å². The van der Waals surface area contributed by atoms with E-state index in [1.807, 2.05) is 7.11 Å². The summed E-state index contributed by atoms with van der Waals surface area (Å²) in [5.41, 5.74) is 6.82. The molecule has 0 radical (unpaired) electrons. The molecule has 0 amide bonds. The smallest absolute Gasteiger partial charge is 0.123 e. The van der Waals surface area contributed by atoms with Crippen molar-refractivity contribution in [1.82, 2.24) is 0 Å². The maximum Gasteiger partial charge on any atom is 0.123 e. The lowest BCUT2D eigenvalue weighted by Gasteiger charge is -2.50. The first kappa shape index (κ1) is 15.0. The van der Waals surface area contributed by atoms with Crippen molar-refractivity contribution in [2.24, 2.45) is 23.2 Å². The van der Waals surface area contributed by atoms with E-state index < -0.39 is 0 Å². The standard InChI is InChI=1S/C22H28O2/c1-22-8-7-18-15(19(22)9-13(11-22)12-23)4-3-14-10-20(24-2)16-5-6-17(16)21(14)18/h10,12-13,15,18-19H,3-9,11H2,1-2H3/t13-,15-,18+,19+,22-/m1/s1. The Balaban J connectivity index is 1.55. The molecule has 5 rings (SSSR count). The monoisotopic (exact) mass is 324 g/mol. The van der Waals surface area contributed by atoms with Gasteiger partial charge in [0, 0.05) is 5.92 Å². The highest BCUT2D eigenvalue weighted by atomic mass is 16.5. The van der Waals surface area contributed by atoms with Gasteiger partial charge in [-0.25, -0.2) is 0 Å². The predicted octanol–water partition coefficient (Wildman–Crippen LogP) is 4.47. The first-order chi connectivity index (χ1) is 11.6. The number of hydrogen-bond donors (Lipinski definition) is 0. The highest BCUT2D eigenvalue weighted by molar-refractivity contribution is 5.57. The summed E-state index contributed by atoms with van der Waals surface area (Å²) in [4.78, 5) is 11.4. The third-order valence-electron chi connectivity index (χ3n) is 8.03. The molecular weight excluding hydrogens is 296 g/mol. The number of aldehydes is 1. The number of ether oxygens (including phenoxy) is 1.